The summed E-state index contributed by atoms with van der Waals surface area (Å²) >= 11 is 0. The molecule has 16 heteroatoms. The van der Waals surface area contributed by atoms with E-state index in [0.717, 1.165) is 57.7 Å². The number of hydrogen-bond acceptors (Lipinski definition) is 14. The third kappa shape index (κ3) is 12.2. The summed E-state index contributed by atoms with van der Waals surface area (Å²) in [6.45, 7) is 8.26. The second-order valence-electron chi connectivity index (χ2n) is 17.5. The number of carboxylic acid groups (broad SMARTS) is 1. The summed E-state index contributed by atoms with van der Waals surface area (Å²) in [5.74, 6) is 1.84. The van der Waals surface area contributed by atoms with Gasteiger partial charge in [-0.15, -0.1) is 0 Å². The van der Waals surface area contributed by atoms with Crippen molar-refractivity contribution in [1.29, 1.82) is 0 Å². The topological polar surface area (TPSA) is 186 Å². The van der Waals surface area contributed by atoms with Crippen molar-refractivity contribution < 1.29 is 58.7 Å². The zero-order valence-electron chi connectivity index (χ0n) is 35.3. The fourth-order valence-electron chi connectivity index (χ4n) is 11.7. The monoisotopic (exact) mass is 813 g/mol. The van der Waals surface area contributed by atoms with Crippen LogP contribution in [0.3, 0.4) is 0 Å². The average Bonchev–Trinajstić information content (AvgIpc) is 3.55. The molecule has 1 amide bonds. The molecule has 0 saturated heterocycles. The van der Waals surface area contributed by atoms with Crippen molar-refractivity contribution in [2.45, 2.75) is 116 Å². The Hall–Kier alpha value is -2.12. The van der Waals surface area contributed by atoms with Crippen LogP contribution in [-0.2, 0) is 48.5 Å². The van der Waals surface area contributed by atoms with Crippen LogP contribution in [-0.4, -0.2) is 142 Å². The SMILES string of the molecule is COOCN(CCN(CCN(CC=O)CC(=O)O)C(CCC(=O)N[C@H]1CC[C@]2(C)C3C[C@H](O)[C@@]4(C)C(CC[C@@H]4C(C)CCC=O)C3CC[C@@H]2C1)OOC)COOC. The molecule has 0 aromatic heterocycles. The van der Waals surface area contributed by atoms with Crippen molar-refractivity contribution in [3.8, 4) is 0 Å². The van der Waals surface area contributed by atoms with Gasteiger partial charge in [0.2, 0.25) is 5.91 Å². The number of carboxylic acids is 1. The predicted octanol–water partition coefficient (Wildman–Crippen LogP) is 3.66. The summed E-state index contributed by atoms with van der Waals surface area (Å²) in [6, 6.07) is 0.0707. The first-order valence-corrected chi connectivity index (χ1v) is 21.1. The Balaban J connectivity index is 1.37. The molecule has 4 aliphatic rings. The molecule has 0 spiro atoms. The van der Waals surface area contributed by atoms with Crippen LogP contribution in [0, 0.1) is 46.3 Å². The maximum Gasteiger partial charge on any atom is 0.317 e. The Morgan fingerprint density at radius 1 is 0.860 bits per heavy atom. The number of nitrogens with one attached hydrogen (secondary N) is 1. The lowest BCUT2D eigenvalue weighted by Gasteiger charge is -2.62. The minimum absolute atomic E-state index is 0.0413. The Morgan fingerprint density at radius 2 is 1.56 bits per heavy atom. The number of carbonyl (C=O) groups is 4. The molecule has 0 heterocycles. The number of carbonyl (C=O) groups excluding carboxylic acids is 3. The molecular formula is C41H72N4O12. The first-order valence-electron chi connectivity index (χ1n) is 21.1. The smallest absolute Gasteiger partial charge is 0.317 e. The third-order valence-electron chi connectivity index (χ3n) is 14.7. The molecule has 4 fully saturated rings. The Labute approximate surface area is 339 Å². The minimum atomic E-state index is -1.04. The molecular weight excluding hydrogens is 740 g/mol. The average molecular weight is 813 g/mol. The number of amides is 1. The normalized spacial score (nSPS) is 32.1. The molecule has 16 nitrogen and oxygen atoms in total. The summed E-state index contributed by atoms with van der Waals surface area (Å²) in [5, 5.41) is 24.6. The van der Waals surface area contributed by atoms with Crippen LogP contribution >= 0.6 is 0 Å². The highest BCUT2D eigenvalue weighted by molar-refractivity contribution is 5.76. The number of nitrogens with zero attached hydrogens (tertiary/aromatic N) is 3. The molecule has 0 aromatic rings. The van der Waals surface area contributed by atoms with Gasteiger partial charge in [0.1, 0.15) is 32.3 Å². The Kier molecular flexibility index (Phi) is 19.2. The Morgan fingerprint density at radius 3 is 2.19 bits per heavy atom. The number of rotatable bonds is 27. The summed E-state index contributed by atoms with van der Waals surface area (Å²) in [6.07, 6.45) is 11.0. The lowest BCUT2D eigenvalue weighted by Crippen LogP contribution is -2.59. The van der Waals surface area contributed by atoms with Gasteiger partial charge in [-0.3, -0.25) is 24.3 Å². The molecule has 0 aliphatic heterocycles. The van der Waals surface area contributed by atoms with Gasteiger partial charge in [0.25, 0.3) is 0 Å². The Bertz CT molecular complexity index is 1260. The van der Waals surface area contributed by atoms with Crippen LogP contribution in [0.25, 0.3) is 0 Å². The van der Waals surface area contributed by atoms with Crippen molar-refractivity contribution in [2.75, 3.05) is 74.1 Å². The van der Waals surface area contributed by atoms with E-state index in [2.05, 4.69) is 26.1 Å². The van der Waals surface area contributed by atoms with E-state index in [0.29, 0.717) is 74.3 Å². The van der Waals surface area contributed by atoms with Gasteiger partial charge in [0.05, 0.1) is 40.5 Å². The molecule has 4 aliphatic carbocycles. The van der Waals surface area contributed by atoms with Crippen molar-refractivity contribution in [3.05, 3.63) is 0 Å². The summed E-state index contributed by atoms with van der Waals surface area (Å²) < 4.78 is 0. The quantitative estimate of drug-likeness (QED) is 0.0472. The van der Waals surface area contributed by atoms with E-state index in [4.69, 9.17) is 29.3 Å². The fourth-order valence-corrected chi connectivity index (χ4v) is 11.7. The van der Waals surface area contributed by atoms with Gasteiger partial charge in [0.15, 0.2) is 0 Å². The maximum atomic E-state index is 13.6. The molecule has 57 heavy (non-hydrogen) atoms. The first kappa shape index (κ1) is 47.6. The summed E-state index contributed by atoms with van der Waals surface area (Å²) in [5.41, 5.74) is 0.0296. The van der Waals surface area contributed by atoms with Gasteiger partial charge >= 0.3 is 5.97 Å². The predicted molar refractivity (Wildman–Crippen MR) is 208 cm³/mol. The molecule has 0 aromatic carbocycles. The second-order valence-corrected chi connectivity index (χ2v) is 17.5. The van der Waals surface area contributed by atoms with Crippen molar-refractivity contribution >= 4 is 24.4 Å². The van der Waals surface area contributed by atoms with E-state index < -0.39 is 12.2 Å². The van der Waals surface area contributed by atoms with Crippen LogP contribution in [0.2, 0.25) is 0 Å². The van der Waals surface area contributed by atoms with E-state index in [9.17, 15) is 29.4 Å². The van der Waals surface area contributed by atoms with E-state index in [1.807, 2.05) is 4.90 Å². The number of aliphatic hydroxyl groups excluding tert-OH is 1. The standard InChI is InChI=1S/C41H72N4O12/c1-29(8-7-22-46)33-11-12-34-32-10-9-30-24-31(15-16-40(30,2)35(32)25-36(48)41(33,34)3)42-37(49)13-14-38(57-54-6)45(19-17-43(21-23-47)26-39(50)51)20-18-44(27-55-52-4)28-56-53-5/h22-23,29-36,38,48H,7-21,24-28H2,1-6H3,(H,42,49)(H,50,51)/t29?,30-,31+,32?,33-,34?,35?,36+,38?,40+,41-/m1/s1. The van der Waals surface area contributed by atoms with Gasteiger partial charge in [-0.05, 0) is 111 Å². The molecule has 4 saturated carbocycles. The zero-order valence-corrected chi connectivity index (χ0v) is 35.3. The summed E-state index contributed by atoms with van der Waals surface area (Å²) in [7, 11) is 4.21. The lowest BCUT2D eigenvalue weighted by atomic mass is 9.43. The van der Waals surface area contributed by atoms with Crippen LogP contribution in [0.4, 0.5) is 0 Å². The largest absolute Gasteiger partial charge is 0.480 e. The zero-order chi connectivity index (χ0) is 41.6. The number of aliphatic hydroxyl groups is 1. The van der Waals surface area contributed by atoms with Crippen LogP contribution < -0.4 is 5.32 Å². The number of hydrogen-bond donors (Lipinski definition) is 3. The summed E-state index contributed by atoms with van der Waals surface area (Å²) in [4.78, 5) is 83.3. The highest BCUT2D eigenvalue weighted by atomic mass is 17.2. The van der Waals surface area contributed by atoms with Crippen molar-refractivity contribution in [3.63, 3.8) is 0 Å². The van der Waals surface area contributed by atoms with E-state index in [1.54, 1.807) is 4.90 Å². The first-order chi connectivity index (χ1) is 27.4. The van der Waals surface area contributed by atoms with Crippen LogP contribution in [0.1, 0.15) is 97.8 Å². The molecule has 3 N–H and O–H groups in total. The molecule has 0 radical (unpaired) electrons. The highest BCUT2D eigenvalue weighted by Gasteiger charge is 2.63. The third-order valence-corrected chi connectivity index (χ3v) is 14.7. The van der Waals surface area contributed by atoms with Gasteiger partial charge in [0, 0.05) is 45.1 Å². The van der Waals surface area contributed by atoms with E-state index in [1.165, 1.54) is 32.7 Å². The molecule has 0 bridgehead atoms. The van der Waals surface area contributed by atoms with Crippen molar-refractivity contribution in [2.24, 2.45) is 46.3 Å². The second kappa shape index (κ2) is 23.0. The van der Waals surface area contributed by atoms with Crippen molar-refractivity contribution in [1.82, 2.24) is 20.0 Å². The minimum Gasteiger partial charge on any atom is -0.480 e. The number of aldehydes is 2. The van der Waals surface area contributed by atoms with E-state index >= 15 is 0 Å². The van der Waals surface area contributed by atoms with E-state index in [-0.39, 0.29) is 68.4 Å². The van der Waals surface area contributed by atoms with Gasteiger partial charge in [-0.2, -0.15) is 0 Å². The van der Waals surface area contributed by atoms with Crippen LogP contribution in [0.5, 0.6) is 0 Å². The molecule has 11 atom stereocenters. The number of aliphatic carboxylic acids is 1. The fraction of sp³-hybridized carbons (Fsp3) is 0.902. The number of fused-ring (bicyclic) bond motifs is 5. The van der Waals surface area contributed by atoms with Gasteiger partial charge < -0.3 is 25.1 Å². The lowest BCUT2D eigenvalue weighted by molar-refractivity contribution is -0.341. The maximum absolute atomic E-state index is 13.6. The molecule has 5 unspecified atom stereocenters. The van der Waals surface area contributed by atoms with Crippen LogP contribution in [0.15, 0.2) is 0 Å². The van der Waals surface area contributed by atoms with Gasteiger partial charge in [-0.25, -0.2) is 29.3 Å². The highest BCUT2D eigenvalue weighted by Crippen LogP contribution is 2.68. The molecule has 4 rings (SSSR count). The molecule has 328 valence electrons. The van der Waals surface area contributed by atoms with Gasteiger partial charge in [-0.1, -0.05) is 20.8 Å².